The first-order valence-corrected chi connectivity index (χ1v) is 8.70. The number of H-pyrrole nitrogens is 1. The van der Waals surface area contributed by atoms with Gasteiger partial charge in [0, 0.05) is 22.6 Å². The number of aromatic nitrogens is 4. The lowest BCUT2D eigenvalue weighted by Gasteiger charge is -2.14. The zero-order chi connectivity index (χ0) is 21.3. The van der Waals surface area contributed by atoms with Crippen LogP contribution in [0.4, 0.5) is 18.9 Å². The summed E-state index contributed by atoms with van der Waals surface area (Å²) in [6.07, 6.45) is -3.43. The average Bonchev–Trinajstić information content (AvgIpc) is 3.35. The molecular weight excluding hydrogens is 425 g/mol. The van der Waals surface area contributed by atoms with Crippen molar-refractivity contribution in [1.29, 1.82) is 5.26 Å². The molecule has 0 bridgehead atoms. The van der Waals surface area contributed by atoms with E-state index >= 15 is 0 Å². The minimum atomic E-state index is -4.68. The molecule has 8 nitrogen and oxygen atoms in total. The number of furan rings is 1. The second kappa shape index (κ2) is 7.57. The maximum atomic E-state index is 13.2. The molecule has 0 spiro atoms. The van der Waals surface area contributed by atoms with Crippen molar-refractivity contribution in [3.05, 3.63) is 52.5 Å². The molecule has 0 aliphatic carbocycles. The van der Waals surface area contributed by atoms with E-state index in [1.807, 2.05) is 0 Å². The quantitative estimate of drug-likeness (QED) is 0.435. The number of rotatable bonds is 5. The van der Waals surface area contributed by atoms with E-state index in [2.05, 4.69) is 30.7 Å². The van der Waals surface area contributed by atoms with Gasteiger partial charge in [0.25, 0.3) is 6.26 Å². The molecule has 12 heteroatoms. The van der Waals surface area contributed by atoms with Crippen LogP contribution in [0.5, 0.6) is 5.75 Å². The van der Waals surface area contributed by atoms with Crippen LogP contribution in [-0.4, -0.2) is 20.6 Å². The summed E-state index contributed by atoms with van der Waals surface area (Å²) in [6.45, 7) is 0.129. The van der Waals surface area contributed by atoms with Crippen LogP contribution in [-0.2, 0) is 12.7 Å². The number of ether oxygens (including phenoxy) is 1. The highest BCUT2D eigenvalue weighted by Crippen LogP contribution is 2.38. The number of nitrogens with one attached hydrogen (secondary N) is 2. The highest BCUT2D eigenvalue weighted by atomic mass is 35.5. The predicted molar refractivity (Wildman–Crippen MR) is 99.4 cm³/mol. The van der Waals surface area contributed by atoms with Gasteiger partial charge < -0.3 is 14.5 Å². The fourth-order valence-electron chi connectivity index (χ4n) is 2.81. The van der Waals surface area contributed by atoms with Gasteiger partial charge in [-0.25, -0.2) is 5.10 Å². The van der Waals surface area contributed by atoms with E-state index in [0.717, 1.165) is 12.1 Å². The highest BCUT2D eigenvalue weighted by molar-refractivity contribution is 6.32. The van der Waals surface area contributed by atoms with Gasteiger partial charge in [0.1, 0.15) is 11.1 Å². The average molecular weight is 435 g/mol. The molecule has 2 heterocycles. The summed E-state index contributed by atoms with van der Waals surface area (Å²) in [5.74, 6) is 0.195. The summed E-state index contributed by atoms with van der Waals surface area (Å²) in [4.78, 5) is 0. The van der Waals surface area contributed by atoms with Crippen molar-refractivity contribution >= 4 is 28.3 Å². The van der Waals surface area contributed by atoms with Gasteiger partial charge in [-0.15, -0.1) is 10.4 Å². The smallest absolute Gasteiger partial charge is 0.420 e. The Balaban J connectivity index is 1.59. The third kappa shape index (κ3) is 3.85. The van der Waals surface area contributed by atoms with E-state index in [9.17, 15) is 13.2 Å². The molecule has 4 rings (SSSR count). The van der Waals surface area contributed by atoms with Crippen molar-refractivity contribution in [3.63, 3.8) is 0 Å². The number of nitriles is 1. The third-order valence-corrected chi connectivity index (χ3v) is 4.54. The van der Waals surface area contributed by atoms with Crippen LogP contribution in [0.3, 0.4) is 0 Å². The standard InChI is InChI=1S/C18H10ClF3N6O2/c19-13-3-9-4-16(17-25-27-28-26-17)30-15(9)5-10(13)7-24-11-1-2-14(29-8-23)12(6-11)18(20,21)22/h1-6,24H,7H2,(H,25,26,27,28). The Morgan fingerprint density at radius 2 is 2.07 bits per heavy atom. The van der Waals surface area contributed by atoms with Crippen molar-refractivity contribution in [3.8, 4) is 23.6 Å². The second-order valence-corrected chi connectivity index (χ2v) is 6.50. The number of hydrogen-bond acceptors (Lipinski definition) is 7. The molecule has 0 saturated carbocycles. The van der Waals surface area contributed by atoms with E-state index in [-0.39, 0.29) is 12.2 Å². The first-order valence-electron chi connectivity index (χ1n) is 8.32. The molecule has 0 radical (unpaired) electrons. The monoisotopic (exact) mass is 434 g/mol. The van der Waals surface area contributed by atoms with Crippen molar-refractivity contribution in [2.45, 2.75) is 12.7 Å². The molecule has 0 unspecified atom stereocenters. The van der Waals surface area contributed by atoms with E-state index in [1.165, 1.54) is 12.3 Å². The van der Waals surface area contributed by atoms with Gasteiger partial charge in [-0.3, -0.25) is 0 Å². The van der Waals surface area contributed by atoms with Crippen LogP contribution in [0.15, 0.2) is 40.8 Å². The molecule has 0 aliphatic rings. The Morgan fingerprint density at radius 3 is 2.77 bits per heavy atom. The number of alkyl halides is 3. The second-order valence-electron chi connectivity index (χ2n) is 6.10. The Labute approximate surface area is 171 Å². The number of benzene rings is 2. The molecule has 0 fully saturated rings. The van der Waals surface area contributed by atoms with Gasteiger partial charge in [0.05, 0.1) is 0 Å². The molecule has 0 amide bonds. The van der Waals surface area contributed by atoms with Gasteiger partial charge in [0.15, 0.2) is 11.5 Å². The summed E-state index contributed by atoms with van der Waals surface area (Å²) < 4.78 is 49.7. The lowest BCUT2D eigenvalue weighted by Crippen LogP contribution is -2.09. The van der Waals surface area contributed by atoms with Gasteiger partial charge >= 0.3 is 6.18 Å². The summed E-state index contributed by atoms with van der Waals surface area (Å²) in [7, 11) is 0. The van der Waals surface area contributed by atoms with E-state index in [0.29, 0.717) is 33.1 Å². The van der Waals surface area contributed by atoms with Crippen LogP contribution in [0, 0.1) is 11.5 Å². The fourth-order valence-corrected chi connectivity index (χ4v) is 3.05. The molecule has 0 saturated heterocycles. The number of fused-ring (bicyclic) bond motifs is 1. The van der Waals surface area contributed by atoms with Crippen molar-refractivity contribution < 1.29 is 22.3 Å². The van der Waals surface area contributed by atoms with Gasteiger partial charge in [-0.05, 0) is 52.4 Å². The molecular formula is C18H10ClF3N6O2. The number of nitrogens with zero attached hydrogens (tertiary/aromatic N) is 4. The SMILES string of the molecule is N#COc1ccc(NCc2cc3oc(-c4nnn[nH]4)cc3cc2Cl)cc1C(F)(F)F. The van der Waals surface area contributed by atoms with Crippen LogP contribution < -0.4 is 10.1 Å². The van der Waals surface area contributed by atoms with Crippen LogP contribution in [0.2, 0.25) is 5.02 Å². The van der Waals surface area contributed by atoms with Crippen LogP contribution in [0.25, 0.3) is 22.6 Å². The third-order valence-electron chi connectivity index (χ3n) is 4.19. The van der Waals surface area contributed by atoms with Gasteiger partial charge in [-0.2, -0.15) is 13.2 Å². The summed E-state index contributed by atoms with van der Waals surface area (Å²) in [6, 6.07) is 8.37. The van der Waals surface area contributed by atoms with Crippen molar-refractivity contribution in [1.82, 2.24) is 20.6 Å². The molecule has 0 aliphatic heterocycles. The Morgan fingerprint density at radius 1 is 1.23 bits per heavy atom. The first kappa shape index (κ1) is 19.5. The minimum absolute atomic E-state index is 0.129. The molecule has 0 atom stereocenters. The first-order chi connectivity index (χ1) is 14.3. The molecule has 4 aromatic rings. The largest absolute Gasteiger partial charge is 0.453 e. The maximum absolute atomic E-state index is 13.2. The van der Waals surface area contributed by atoms with Gasteiger partial charge in [-0.1, -0.05) is 11.6 Å². The Bertz CT molecular complexity index is 1250. The lowest BCUT2D eigenvalue weighted by molar-refractivity contribution is -0.138. The number of halogens is 4. The van der Waals surface area contributed by atoms with Gasteiger partial charge in [0.2, 0.25) is 5.82 Å². The highest BCUT2D eigenvalue weighted by Gasteiger charge is 2.35. The van der Waals surface area contributed by atoms with E-state index in [4.69, 9.17) is 21.3 Å². The van der Waals surface area contributed by atoms with Crippen LogP contribution >= 0.6 is 11.6 Å². The topological polar surface area (TPSA) is 113 Å². The van der Waals surface area contributed by atoms with Crippen molar-refractivity contribution in [2.75, 3.05) is 5.32 Å². The predicted octanol–water partition coefficient (Wildman–Crippen LogP) is 4.76. The maximum Gasteiger partial charge on any atom is 0.420 e. The van der Waals surface area contributed by atoms with Crippen molar-refractivity contribution in [2.24, 2.45) is 0 Å². The minimum Gasteiger partial charge on any atom is -0.453 e. The summed E-state index contributed by atoms with van der Waals surface area (Å²) in [5, 5.41) is 25.8. The molecule has 30 heavy (non-hydrogen) atoms. The number of hydrogen-bond donors (Lipinski definition) is 2. The zero-order valence-electron chi connectivity index (χ0n) is 14.8. The van der Waals surface area contributed by atoms with Crippen LogP contribution in [0.1, 0.15) is 11.1 Å². The summed E-state index contributed by atoms with van der Waals surface area (Å²) >= 11 is 6.31. The summed E-state index contributed by atoms with van der Waals surface area (Å²) in [5.41, 5.74) is 0.228. The molecule has 152 valence electrons. The van der Waals surface area contributed by atoms with E-state index < -0.39 is 17.5 Å². The Kier molecular flexibility index (Phi) is 4.93. The Hall–Kier alpha value is -3.78. The van der Waals surface area contributed by atoms with E-state index in [1.54, 1.807) is 18.2 Å². The fraction of sp³-hybridized carbons (Fsp3) is 0.111. The normalized spacial score (nSPS) is 11.4. The molecule has 2 N–H and O–H groups in total. The number of tetrazole rings is 1. The number of anilines is 1. The zero-order valence-corrected chi connectivity index (χ0v) is 15.5. The lowest BCUT2D eigenvalue weighted by atomic mass is 10.1. The molecule has 2 aromatic carbocycles. The number of aromatic amines is 1. The molecule has 2 aromatic heterocycles.